The molecule has 64 heavy (non-hydrogen) atoms. The summed E-state index contributed by atoms with van der Waals surface area (Å²) in [5, 5.41) is 8.84. The first-order valence-electron chi connectivity index (χ1n) is 24.0. The topological polar surface area (TPSA) is 95.9 Å². The Morgan fingerprint density at radius 2 is 1.28 bits per heavy atom. The lowest BCUT2D eigenvalue weighted by Gasteiger charge is -2.46. The molecule has 0 aromatic heterocycles. The van der Waals surface area contributed by atoms with Gasteiger partial charge in [-0.25, -0.2) is 0 Å². The number of carboxylic acids is 1. The molecule has 0 aliphatic carbocycles. The number of unbranched alkanes of at least 4 members (excludes halogenated alkanes) is 12. The van der Waals surface area contributed by atoms with E-state index in [9.17, 15) is 4.79 Å². The average Bonchev–Trinajstić information content (AvgIpc) is 3.29. The molecule has 8 rings (SSSR count). The van der Waals surface area contributed by atoms with Crippen LogP contribution in [0.15, 0.2) is 60.7 Å². The molecular formula is C54H73N2O8+. The summed E-state index contributed by atoms with van der Waals surface area (Å²) in [7, 11) is 11.5. The van der Waals surface area contributed by atoms with Gasteiger partial charge in [0, 0.05) is 31.8 Å². The van der Waals surface area contributed by atoms with Gasteiger partial charge in [0.15, 0.2) is 34.5 Å². The Bertz CT molecular complexity index is 2170. The van der Waals surface area contributed by atoms with Gasteiger partial charge < -0.3 is 38.0 Å². The Labute approximate surface area is 382 Å². The Balaban J connectivity index is 1.17. The molecule has 0 spiro atoms. The minimum Gasteiger partial charge on any atom is -0.493 e. The lowest BCUT2D eigenvalue weighted by Crippen LogP contribution is -2.52. The van der Waals surface area contributed by atoms with Crippen LogP contribution in [0.2, 0.25) is 0 Å². The number of methoxy groups -OCH3 is 4. The van der Waals surface area contributed by atoms with Crippen molar-refractivity contribution in [3.05, 3.63) is 94.0 Å². The van der Waals surface area contributed by atoms with Gasteiger partial charge in [0.25, 0.3) is 0 Å². The van der Waals surface area contributed by atoms with Crippen molar-refractivity contribution in [1.82, 2.24) is 4.90 Å². The number of benzene rings is 4. The molecule has 0 saturated carbocycles. The lowest BCUT2D eigenvalue weighted by atomic mass is 9.85. The molecule has 4 aromatic carbocycles. The SMILES string of the molecule is COc1ccc2cc1Oc1ccc(cc1)CC1c3cc(c(OC)cc3CCN1C)Oc1c(OC)c(OC)cc3c1C(C2)[N+](C)(CCCCCCCCCCCCCCCC(=O)O)CC3. The number of carbonyl (C=O) groups is 1. The van der Waals surface area contributed by atoms with Gasteiger partial charge in [0.05, 0.1) is 54.1 Å². The van der Waals surface area contributed by atoms with Gasteiger partial charge in [0.2, 0.25) is 5.75 Å². The predicted octanol–water partition coefficient (Wildman–Crippen LogP) is 12.2. The molecule has 1 N–H and O–H groups in total. The number of hydrogen-bond donors (Lipinski definition) is 1. The molecule has 4 aliphatic heterocycles. The number of fused-ring (bicyclic) bond motifs is 2. The van der Waals surface area contributed by atoms with E-state index in [1.54, 1.807) is 28.4 Å². The third kappa shape index (κ3) is 11.3. The smallest absolute Gasteiger partial charge is 0.303 e. The zero-order valence-electron chi connectivity index (χ0n) is 39.5. The number of aliphatic carboxylic acids is 1. The maximum atomic E-state index is 10.7. The molecule has 0 radical (unpaired) electrons. The number of quaternary nitrogens is 1. The minimum atomic E-state index is -0.680. The van der Waals surface area contributed by atoms with Crippen LogP contribution in [-0.4, -0.2) is 82.6 Å². The van der Waals surface area contributed by atoms with Gasteiger partial charge in [-0.1, -0.05) is 82.4 Å². The first-order chi connectivity index (χ1) is 31.1. The van der Waals surface area contributed by atoms with Crippen LogP contribution >= 0.6 is 0 Å². The standard InChI is InChI=1S/C54H72N2O8/c1-55-29-27-40-35-47(60-4)49-37-43(40)44(55)32-38-21-24-42(25-22-38)63-48-34-39(23-26-46(48)59-3)33-45-52-41(36-50(61-5)53(62-6)54(52)64-49)28-31-56(45,2)30-19-17-15-13-11-9-7-8-10-12-14-16-18-20-51(57)58/h21-26,34-37,44-45H,7-20,27-33H2,1-6H3/p+1. The van der Waals surface area contributed by atoms with Gasteiger partial charge in [-0.15, -0.1) is 0 Å². The molecular weight excluding hydrogens is 805 g/mol. The van der Waals surface area contributed by atoms with Gasteiger partial charge in [0.1, 0.15) is 11.8 Å². The van der Waals surface area contributed by atoms with Crippen molar-refractivity contribution in [1.29, 1.82) is 0 Å². The van der Waals surface area contributed by atoms with Crippen LogP contribution < -0.4 is 28.4 Å². The highest BCUT2D eigenvalue weighted by Gasteiger charge is 2.43. The summed E-state index contributed by atoms with van der Waals surface area (Å²) in [4.78, 5) is 13.2. The molecule has 3 atom stereocenters. The van der Waals surface area contributed by atoms with Crippen LogP contribution in [0.3, 0.4) is 0 Å². The first-order valence-corrected chi connectivity index (χ1v) is 24.0. The Hall–Kier alpha value is -4.93. The van der Waals surface area contributed by atoms with Crippen molar-refractivity contribution in [3.63, 3.8) is 0 Å². The van der Waals surface area contributed by atoms with E-state index in [4.69, 9.17) is 33.5 Å². The van der Waals surface area contributed by atoms with Crippen LogP contribution in [0.1, 0.15) is 135 Å². The van der Waals surface area contributed by atoms with E-state index in [1.165, 1.54) is 80.0 Å². The number of ether oxygens (including phenoxy) is 6. The molecule has 4 aliphatic rings. The number of rotatable bonds is 20. The third-order valence-corrected chi connectivity index (χ3v) is 14.3. The van der Waals surface area contributed by atoms with Crippen LogP contribution in [0.25, 0.3) is 0 Å². The van der Waals surface area contributed by atoms with Crippen LogP contribution in [-0.2, 0) is 30.5 Å². The van der Waals surface area contributed by atoms with E-state index >= 15 is 0 Å². The molecule has 0 amide bonds. The lowest BCUT2D eigenvalue weighted by molar-refractivity contribution is -0.941. The van der Waals surface area contributed by atoms with E-state index in [0.29, 0.717) is 46.7 Å². The summed E-state index contributed by atoms with van der Waals surface area (Å²) in [6.45, 7) is 3.00. The Morgan fingerprint density at radius 3 is 1.92 bits per heavy atom. The zero-order valence-corrected chi connectivity index (χ0v) is 39.5. The van der Waals surface area contributed by atoms with Crippen LogP contribution in [0.5, 0.6) is 46.0 Å². The van der Waals surface area contributed by atoms with Gasteiger partial charge in [-0.05, 0) is 109 Å². The number of hydrogen-bond acceptors (Lipinski definition) is 8. The molecule has 4 aromatic rings. The van der Waals surface area contributed by atoms with E-state index in [2.05, 4.69) is 73.6 Å². The summed E-state index contributed by atoms with van der Waals surface area (Å²) >= 11 is 0. The summed E-state index contributed by atoms with van der Waals surface area (Å²) in [6, 6.07) is 21.6. The average molecular weight is 878 g/mol. The Kier molecular flexibility index (Phi) is 16.4. The fourth-order valence-electron chi connectivity index (χ4n) is 10.5. The van der Waals surface area contributed by atoms with Crippen molar-refractivity contribution < 1.29 is 42.8 Å². The minimum absolute atomic E-state index is 0.0395. The molecule has 4 heterocycles. The molecule has 0 saturated heterocycles. The highest BCUT2D eigenvalue weighted by Crippen LogP contribution is 2.53. The predicted molar refractivity (Wildman–Crippen MR) is 253 cm³/mol. The Morgan fingerprint density at radius 1 is 0.672 bits per heavy atom. The monoisotopic (exact) mass is 878 g/mol. The first kappa shape index (κ1) is 47.0. The highest BCUT2D eigenvalue weighted by molar-refractivity contribution is 5.66. The van der Waals surface area contributed by atoms with Crippen molar-refractivity contribution in [2.75, 3.05) is 62.2 Å². The van der Waals surface area contributed by atoms with E-state index in [1.807, 2.05) is 6.07 Å². The van der Waals surface area contributed by atoms with Gasteiger partial charge >= 0.3 is 5.97 Å². The van der Waals surface area contributed by atoms with Crippen LogP contribution in [0.4, 0.5) is 0 Å². The molecule has 10 heteroatoms. The maximum Gasteiger partial charge on any atom is 0.303 e. The van der Waals surface area contributed by atoms with Crippen molar-refractivity contribution in [2.24, 2.45) is 0 Å². The second-order valence-corrected chi connectivity index (χ2v) is 18.6. The zero-order chi connectivity index (χ0) is 45.1. The van der Waals surface area contributed by atoms with Gasteiger partial charge in [-0.3, -0.25) is 9.69 Å². The molecule has 0 fully saturated rings. The van der Waals surface area contributed by atoms with Crippen molar-refractivity contribution in [3.8, 4) is 46.0 Å². The van der Waals surface area contributed by atoms with E-state index in [0.717, 1.165) is 92.4 Å². The normalized spacial score (nSPS) is 19.1. The van der Waals surface area contributed by atoms with Crippen molar-refractivity contribution >= 4 is 5.97 Å². The fourth-order valence-corrected chi connectivity index (χ4v) is 10.5. The molecule has 10 nitrogen and oxygen atoms in total. The number of nitrogens with zero attached hydrogens (tertiary/aromatic N) is 2. The largest absolute Gasteiger partial charge is 0.493 e. The highest BCUT2D eigenvalue weighted by atomic mass is 16.5. The summed E-state index contributed by atoms with van der Waals surface area (Å²) in [5.41, 5.74) is 7.31. The van der Waals surface area contributed by atoms with E-state index < -0.39 is 5.97 Å². The van der Waals surface area contributed by atoms with E-state index in [-0.39, 0.29) is 12.1 Å². The van der Waals surface area contributed by atoms with Crippen LogP contribution in [0, 0.1) is 0 Å². The molecule has 346 valence electrons. The third-order valence-electron chi connectivity index (χ3n) is 14.3. The fraction of sp³-hybridized carbons (Fsp3) is 0.537. The summed E-state index contributed by atoms with van der Waals surface area (Å²) in [6.07, 6.45) is 19.2. The number of carboxylic acid groups (broad SMARTS) is 1. The summed E-state index contributed by atoms with van der Waals surface area (Å²) in [5.74, 6) is 4.85. The number of likely N-dealkylation sites (N-methyl/N-ethyl adjacent to an activating group) is 2. The van der Waals surface area contributed by atoms with Gasteiger partial charge in [-0.2, -0.15) is 0 Å². The van der Waals surface area contributed by atoms with Crippen molar-refractivity contribution in [2.45, 2.75) is 128 Å². The summed E-state index contributed by atoms with van der Waals surface area (Å²) < 4.78 is 39.1. The maximum absolute atomic E-state index is 10.7. The molecule has 6 bridgehead atoms. The second-order valence-electron chi connectivity index (χ2n) is 18.6. The quantitative estimate of drug-likeness (QED) is 0.0688. The second kappa shape index (κ2) is 22.3. The molecule has 3 unspecified atom stereocenters.